The second kappa shape index (κ2) is 12.5. The molecule has 2 aromatic carbocycles. The normalized spacial score (nSPS) is 11.1. The molecule has 1 aromatic heterocycles. The van der Waals surface area contributed by atoms with E-state index in [1.165, 1.54) is 16.9 Å². The van der Waals surface area contributed by atoms with Crippen molar-refractivity contribution in [3.63, 3.8) is 0 Å². The molecule has 2 amide bonds. The number of hydrazone groups is 1. The van der Waals surface area contributed by atoms with Crippen LogP contribution in [0.2, 0.25) is 0 Å². The van der Waals surface area contributed by atoms with Gasteiger partial charge in [0.25, 0.3) is 11.8 Å². The fraction of sp³-hybridized carbons (Fsp3) is 0.269. The van der Waals surface area contributed by atoms with Crippen LogP contribution >= 0.6 is 23.1 Å². The van der Waals surface area contributed by atoms with Gasteiger partial charge in [0, 0.05) is 17.9 Å². The van der Waals surface area contributed by atoms with Gasteiger partial charge in [-0.05, 0) is 78.3 Å². The molecule has 0 aliphatic rings. The van der Waals surface area contributed by atoms with E-state index in [1.54, 1.807) is 24.0 Å². The second-order valence-electron chi connectivity index (χ2n) is 7.95. The lowest BCUT2D eigenvalue weighted by atomic mass is 10.1. The zero-order valence-electron chi connectivity index (χ0n) is 19.6. The van der Waals surface area contributed by atoms with E-state index in [0.717, 1.165) is 40.2 Å². The first-order valence-corrected chi connectivity index (χ1v) is 13.0. The van der Waals surface area contributed by atoms with Crippen molar-refractivity contribution in [3.05, 3.63) is 86.1 Å². The Labute approximate surface area is 208 Å². The third-order valence-corrected chi connectivity index (χ3v) is 7.45. The van der Waals surface area contributed by atoms with E-state index in [1.807, 2.05) is 62.5 Å². The fourth-order valence-corrected chi connectivity index (χ4v) is 4.96. The summed E-state index contributed by atoms with van der Waals surface area (Å²) < 4.78 is 0. The lowest BCUT2D eigenvalue weighted by Gasteiger charge is -2.09. The summed E-state index contributed by atoms with van der Waals surface area (Å²) in [6, 6.07) is 13.4. The molecule has 0 aliphatic carbocycles. The first kappa shape index (κ1) is 25.7. The molecule has 8 heteroatoms. The number of hydrogen-bond donors (Lipinski definition) is 3. The maximum Gasteiger partial charge on any atom is 0.283 e. The van der Waals surface area contributed by atoms with E-state index < -0.39 is 0 Å². The lowest BCUT2D eigenvalue weighted by molar-refractivity contribution is 0.0960. The Kier molecular flexibility index (Phi) is 9.44. The smallest absolute Gasteiger partial charge is 0.283 e. The van der Waals surface area contributed by atoms with E-state index >= 15 is 0 Å². The molecule has 0 atom stereocenters. The van der Waals surface area contributed by atoms with Gasteiger partial charge in [-0.3, -0.25) is 9.59 Å². The van der Waals surface area contributed by atoms with Crippen LogP contribution < -0.4 is 10.7 Å². The number of carbonyl (C=O) groups excluding carboxylic acids is 2. The van der Waals surface area contributed by atoms with Gasteiger partial charge in [0.2, 0.25) is 0 Å². The molecule has 6 nitrogen and oxygen atoms in total. The fourth-order valence-electron chi connectivity index (χ4n) is 3.17. The molecule has 0 unspecified atom stereocenters. The molecule has 3 N–H and O–H groups in total. The van der Waals surface area contributed by atoms with Gasteiger partial charge >= 0.3 is 0 Å². The van der Waals surface area contributed by atoms with E-state index in [-0.39, 0.29) is 18.4 Å². The standard InChI is InChI=1S/C26H29N3O3S2/c1-17-8-9-20(12-18(17)2)14-27-29-26(32)24-23(19(3)15-34-24)28-25(31)22-7-4-6-21(13-22)16-33-11-5-10-30/h4,6-9,12-15,30H,5,10-11,16H2,1-3H3,(H,28,31)(H,29,32). The summed E-state index contributed by atoms with van der Waals surface area (Å²) in [4.78, 5) is 26.1. The van der Waals surface area contributed by atoms with Crippen LogP contribution in [0.5, 0.6) is 0 Å². The molecule has 3 aromatic rings. The highest BCUT2D eigenvalue weighted by molar-refractivity contribution is 7.98. The van der Waals surface area contributed by atoms with Crippen molar-refractivity contribution < 1.29 is 14.7 Å². The van der Waals surface area contributed by atoms with Crippen LogP contribution in [0.4, 0.5) is 5.69 Å². The molecule has 34 heavy (non-hydrogen) atoms. The van der Waals surface area contributed by atoms with Gasteiger partial charge in [-0.25, -0.2) is 5.43 Å². The quantitative estimate of drug-likeness (QED) is 0.202. The molecule has 3 rings (SSSR count). The highest BCUT2D eigenvalue weighted by Gasteiger charge is 2.19. The Morgan fingerprint density at radius 2 is 1.88 bits per heavy atom. The average Bonchev–Trinajstić information content (AvgIpc) is 3.19. The van der Waals surface area contributed by atoms with Gasteiger partial charge in [0.05, 0.1) is 11.9 Å². The number of aliphatic hydroxyl groups is 1. The molecule has 0 saturated carbocycles. The highest BCUT2D eigenvalue weighted by Crippen LogP contribution is 2.28. The first-order chi connectivity index (χ1) is 16.4. The monoisotopic (exact) mass is 495 g/mol. The Morgan fingerprint density at radius 3 is 2.65 bits per heavy atom. The van der Waals surface area contributed by atoms with Crippen molar-refractivity contribution >= 4 is 46.8 Å². The molecular formula is C26H29N3O3S2. The molecule has 0 spiro atoms. The van der Waals surface area contributed by atoms with E-state index in [4.69, 9.17) is 5.11 Å². The van der Waals surface area contributed by atoms with Gasteiger partial charge in [0.1, 0.15) is 4.88 Å². The number of aryl methyl sites for hydroxylation is 3. The number of anilines is 1. The van der Waals surface area contributed by atoms with E-state index in [9.17, 15) is 9.59 Å². The molecule has 0 bridgehead atoms. The summed E-state index contributed by atoms with van der Waals surface area (Å²) in [5, 5.41) is 17.7. The third-order valence-electron chi connectivity index (χ3n) is 5.24. The molecule has 1 heterocycles. The second-order valence-corrected chi connectivity index (χ2v) is 9.93. The summed E-state index contributed by atoms with van der Waals surface area (Å²) >= 11 is 2.98. The maximum absolute atomic E-state index is 12.9. The summed E-state index contributed by atoms with van der Waals surface area (Å²) in [5.41, 5.74) is 8.69. The average molecular weight is 496 g/mol. The minimum absolute atomic E-state index is 0.183. The van der Waals surface area contributed by atoms with Gasteiger partial charge < -0.3 is 10.4 Å². The SMILES string of the molecule is Cc1ccc(C=NNC(=O)c2scc(C)c2NC(=O)c2cccc(CSCCCO)c2)cc1C. The number of rotatable bonds is 10. The summed E-state index contributed by atoms with van der Waals surface area (Å²) in [6.45, 7) is 6.11. The van der Waals surface area contributed by atoms with Crippen LogP contribution in [0.3, 0.4) is 0 Å². The predicted molar refractivity (Wildman–Crippen MR) is 142 cm³/mol. The number of nitrogens with one attached hydrogen (secondary N) is 2. The van der Waals surface area contributed by atoms with Crippen LogP contribution in [-0.4, -0.2) is 35.5 Å². The number of thiophene rings is 1. The van der Waals surface area contributed by atoms with Crippen molar-refractivity contribution in [1.29, 1.82) is 0 Å². The van der Waals surface area contributed by atoms with Gasteiger partial charge in [-0.2, -0.15) is 16.9 Å². The van der Waals surface area contributed by atoms with Crippen molar-refractivity contribution in [2.24, 2.45) is 5.10 Å². The van der Waals surface area contributed by atoms with Crippen LogP contribution in [0.25, 0.3) is 0 Å². The van der Waals surface area contributed by atoms with E-state index in [0.29, 0.717) is 16.1 Å². The molecule has 0 radical (unpaired) electrons. The van der Waals surface area contributed by atoms with Crippen LogP contribution in [0.1, 0.15) is 54.3 Å². The zero-order valence-corrected chi connectivity index (χ0v) is 21.2. The number of thioether (sulfide) groups is 1. The Morgan fingerprint density at radius 1 is 1.06 bits per heavy atom. The first-order valence-electron chi connectivity index (χ1n) is 11.0. The number of carbonyl (C=O) groups is 2. The summed E-state index contributed by atoms with van der Waals surface area (Å²) in [6.07, 6.45) is 2.36. The Bertz CT molecular complexity index is 1190. The van der Waals surface area contributed by atoms with Crippen molar-refractivity contribution in [1.82, 2.24) is 5.43 Å². The number of amides is 2. The van der Waals surface area contributed by atoms with Gasteiger partial charge in [0.15, 0.2) is 0 Å². The van der Waals surface area contributed by atoms with Crippen molar-refractivity contribution in [2.75, 3.05) is 17.7 Å². The number of aliphatic hydroxyl groups excluding tert-OH is 1. The minimum atomic E-state index is -0.373. The number of benzene rings is 2. The van der Waals surface area contributed by atoms with Crippen molar-refractivity contribution in [2.45, 2.75) is 32.9 Å². The molecular weight excluding hydrogens is 466 g/mol. The van der Waals surface area contributed by atoms with Crippen LogP contribution in [0, 0.1) is 20.8 Å². The largest absolute Gasteiger partial charge is 0.396 e. The zero-order chi connectivity index (χ0) is 24.5. The van der Waals surface area contributed by atoms with E-state index in [2.05, 4.69) is 15.8 Å². The molecule has 178 valence electrons. The number of hydrogen-bond acceptors (Lipinski definition) is 6. The van der Waals surface area contributed by atoms with Gasteiger partial charge in [-0.1, -0.05) is 30.3 Å². The minimum Gasteiger partial charge on any atom is -0.396 e. The Balaban J connectivity index is 1.66. The molecule has 0 aliphatic heterocycles. The summed E-state index contributed by atoms with van der Waals surface area (Å²) in [5.74, 6) is 0.995. The highest BCUT2D eigenvalue weighted by atomic mass is 32.2. The summed E-state index contributed by atoms with van der Waals surface area (Å²) in [7, 11) is 0. The predicted octanol–water partition coefficient (Wildman–Crippen LogP) is 5.31. The molecule has 0 saturated heterocycles. The van der Waals surface area contributed by atoms with Crippen LogP contribution in [0.15, 0.2) is 52.9 Å². The maximum atomic E-state index is 12.9. The number of nitrogens with zero attached hydrogens (tertiary/aromatic N) is 1. The topological polar surface area (TPSA) is 90.8 Å². The lowest BCUT2D eigenvalue weighted by Crippen LogP contribution is -2.20. The van der Waals surface area contributed by atoms with Gasteiger partial charge in [-0.15, -0.1) is 11.3 Å². The Hall–Kier alpha value is -2.94. The van der Waals surface area contributed by atoms with Crippen LogP contribution in [-0.2, 0) is 5.75 Å². The molecule has 0 fully saturated rings. The van der Waals surface area contributed by atoms with Crippen molar-refractivity contribution in [3.8, 4) is 0 Å². The third kappa shape index (κ3) is 7.03.